The number of aromatic hydroxyl groups is 3. The highest BCUT2D eigenvalue weighted by atomic mass is 16.5. The maximum Gasteiger partial charge on any atom is 0.225 e. The molecule has 0 spiro atoms. The Bertz CT molecular complexity index is 1350. The Hall–Kier alpha value is -4.88. The maximum absolute atomic E-state index is 10.9. The molecular formula is C22H28N10O4. The highest BCUT2D eigenvalue weighted by molar-refractivity contribution is 5.56. The molecule has 0 unspecified atom stereocenters. The molecule has 0 amide bonds. The van der Waals surface area contributed by atoms with E-state index in [0.717, 1.165) is 0 Å². The van der Waals surface area contributed by atoms with Gasteiger partial charge in [-0.15, -0.1) is 20.4 Å². The van der Waals surface area contributed by atoms with Crippen molar-refractivity contribution in [3.8, 4) is 28.7 Å². The molecule has 36 heavy (non-hydrogen) atoms. The molecule has 0 fully saturated rings. The number of aromatic amines is 1. The molecule has 0 aliphatic rings. The van der Waals surface area contributed by atoms with Crippen LogP contribution in [0.15, 0.2) is 30.3 Å². The number of nitrogens with one attached hydrogen (secondary N) is 2. The standard InChI is InChI=1S/C22H28N10O4/c1-31(22-26-19(23)27-30-22)11-9-12-4-3-5-16(17(12)34)36-15-7-6-14(33)18(35)13(15)8-10-25-21-29-28-20(24)32(21)2/h3-7,33-35H,8-11H2,1-2H3,(H2,24,28)(H,25,29)(H3,23,26,27,30). The van der Waals surface area contributed by atoms with Crippen LogP contribution in [0.1, 0.15) is 11.1 Å². The van der Waals surface area contributed by atoms with E-state index in [1.807, 2.05) is 11.9 Å². The number of phenolic OH excluding ortho intramolecular Hbond substituents is 3. The van der Waals surface area contributed by atoms with Crippen LogP contribution >= 0.6 is 0 Å². The van der Waals surface area contributed by atoms with E-state index in [9.17, 15) is 15.3 Å². The number of H-pyrrole nitrogens is 1. The van der Waals surface area contributed by atoms with Gasteiger partial charge in [0.1, 0.15) is 5.75 Å². The second-order valence-corrected chi connectivity index (χ2v) is 8.10. The largest absolute Gasteiger partial charge is 0.504 e. The fraction of sp³-hybridized carbons (Fsp3) is 0.273. The number of benzene rings is 2. The molecule has 0 aliphatic carbocycles. The Kier molecular flexibility index (Phi) is 6.85. The molecule has 4 aromatic rings. The Morgan fingerprint density at radius 1 is 1.00 bits per heavy atom. The fourth-order valence-corrected chi connectivity index (χ4v) is 3.54. The summed E-state index contributed by atoms with van der Waals surface area (Å²) in [6.07, 6.45) is 0.756. The molecule has 14 nitrogen and oxygen atoms in total. The molecule has 14 heteroatoms. The first kappa shape index (κ1) is 24.3. The second-order valence-electron chi connectivity index (χ2n) is 8.10. The van der Waals surface area contributed by atoms with E-state index in [-0.39, 0.29) is 47.1 Å². The Balaban J connectivity index is 1.48. The molecule has 190 valence electrons. The van der Waals surface area contributed by atoms with Gasteiger partial charge < -0.3 is 41.7 Å². The number of nitrogens with two attached hydrogens (primary N) is 2. The maximum atomic E-state index is 10.9. The zero-order valence-electron chi connectivity index (χ0n) is 19.8. The lowest BCUT2D eigenvalue weighted by molar-refractivity contribution is 0.383. The number of ether oxygens (including phenoxy) is 1. The van der Waals surface area contributed by atoms with E-state index in [2.05, 4.69) is 30.7 Å². The molecule has 0 atom stereocenters. The molecule has 0 radical (unpaired) electrons. The minimum absolute atomic E-state index is 0.0332. The fourth-order valence-electron chi connectivity index (χ4n) is 3.54. The van der Waals surface area contributed by atoms with Crippen LogP contribution in [0, 0.1) is 0 Å². The van der Waals surface area contributed by atoms with Gasteiger partial charge in [0.25, 0.3) is 0 Å². The minimum Gasteiger partial charge on any atom is -0.504 e. The molecule has 9 N–H and O–H groups in total. The van der Waals surface area contributed by atoms with E-state index in [0.29, 0.717) is 42.5 Å². The number of aromatic nitrogens is 6. The number of hydrogen-bond donors (Lipinski definition) is 7. The molecule has 0 saturated carbocycles. The van der Waals surface area contributed by atoms with Crippen molar-refractivity contribution in [1.82, 2.24) is 29.9 Å². The van der Waals surface area contributed by atoms with Crippen LogP contribution in [-0.2, 0) is 19.9 Å². The van der Waals surface area contributed by atoms with Crippen LogP contribution in [0.25, 0.3) is 0 Å². The predicted molar refractivity (Wildman–Crippen MR) is 133 cm³/mol. The summed E-state index contributed by atoms with van der Waals surface area (Å²) in [6, 6.07) is 8.02. The van der Waals surface area contributed by atoms with Crippen molar-refractivity contribution in [3.05, 3.63) is 41.5 Å². The lowest BCUT2D eigenvalue weighted by atomic mass is 10.1. The molecular weight excluding hydrogens is 468 g/mol. The molecule has 4 rings (SSSR count). The summed E-state index contributed by atoms with van der Waals surface area (Å²) in [7, 11) is 3.54. The number of hydrogen-bond acceptors (Lipinski definition) is 12. The minimum atomic E-state index is -0.310. The van der Waals surface area contributed by atoms with Crippen molar-refractivity contribution in [2.24, 2.45) is 7.05 Å². The number of phenols is 3. The number of rotatable bonds is 10. The molecule has 2 aromatic carbocycles. The quantitative estimate of drug-likeness (QED) is 0.155. The van der Waals surface area contributed by atoms with Crippen LogP contribution < -0.4 is 26.4 Å². The van der Waals surface area contributed by atoms with Gasteiger partial charge in [0.15, 0.2) is 23.0 Å². The van der Waals surface area contributed by atoms with Crippen LogP contribution in [0.4, 0.5) is 23.8 Å². The third kappa shape index (κ3) is 5.11. The summed E-state index contributed by atoms with van der Waals surface area (Å²) < 4.78 is 7.56. The van der Waals surface area contributed by atoms with Gasteiger partial charge in [0, 0.05) is 32.7 Å². The SMILES string of the molecule is CN(CCc1cccc(Oc2ccc(O)c(O)c2CCNc2nnc(N)n2C)c1O)c1nnc(N)[nH]1. The number of nitrogens with zero attached hydrogens (tertiary/aromatic N) is 6. The summed E-state index contributed by atoms with van der Waals surface area (Å²) in [5.74, 6) is 1.32. The summed E-state index contributed by atoms with van der Waals surface area (Å²) in [5, 5.41) is 49.8. The van der Waals surface area contributed by atoms with Gasteiger partial charge >= 0.3 is 0 Å². The van der Waals surface area contributed by atoms with Crippen molar-refractivity contribution < 1.29 is 20.1 Å². The summed E-state index contributed by atoms with van der Waals surface area (Å²) in [5.41, 5.74) is 12.3. The van der Waals surface area contributed by atoms with Crippen LogP contribution in [0.2, 0.25) is 0 Å². The third-order valence-electron chi connectivity index (χ3n) is 5.66. The Morgan fingerprint density at radius 2 is 1.81 bits per heavy atom. The topological polar surface area (TPSA) is 210 Å². The third-order valence-corrected chi connectivity index (χ3v) is 5.66. The van der Waals surface area contributed by atoms with E-state index in [1.54, 1.807) is 29.8 Å². The van der Waals surface area contributed by atoms with Crippen molar-refractivity contribution in [3.63, 3.8) is 0 Å². The molecule has 0 saturated heterocycles. The normalized spacial score (nSPS) is 10.9. The lowest BCUT2D eigenvalue weighted by Crippen LogP contribution is -2.21. The lowest BCUT2D eigenvalue weighted by Gasteiger charge is -2.18. The summed E-state index contributed by atoms with van der Waals surface area (Å²) >= 11 is 0. The monoisotopic (exact) mass is 496 g/mol. The van der Waals surface area contributed by atoms with Gasteiger partial charge in [0.05, 0.1) is 0 Å². The van der Waals surface area contributed by atoms with Gasteiger partial charge in [-0.3, -0.25) is 9.55 Å². The smallest absolute Gasteiger partial charge is 0.225 e. The van der Waals surface area contributed by atoms with Crippen molar-refractivity contribution in [1.29, 1.82) is 0 Å². The van der Waals surface area contributed by atoms with Gasteiger partial charge in [-0.1, -0.05) is 12.1 Å². The average Bonchev–Trinajstić information content (AvgIpc) is 3.43. The number of para-hydroxylation sites is 1. The van der Waals surface area contributed by atoms with Gasteiger partial charge in [-0.05, 0) is 36.6 Å². The average molecular weight is 497 g/mol. The van der Waals surface area contributed by atoms with E-state index in [4.69, 9.17) is 16.2 Å². The molecule has 2 aromatic heterocycles. The van der Waals surface area contributed by atoms with Crippen molar-refractivity contribution >= 4 is 23.8 Å². The predicted octanol–water partition coefficient (Wildman–Crippen LogP) is 1.34. The van der Waals surface area contributed by atoms with Gasteiger partial charge in [0.2, 0.25) is 23.8 Å². The Morgan fingerprint density at radius 3 is 2.50 bits per heavy atom. The molecule has 2 heterocycles. The van der Waals surface area contributed by atoms with E-state index >= 15 is 0 Å². The summed E-state index contributed by atoms with van der Waals surface area (Å²) in [6.45, 7) is 0.860. The highest BCUT2D eigenvalue weighted by Gasteiger charge is 2.18. The highest BCUT2D eigenvalue weighted by Crippen LogP contribution is 2.41. The Labute approximate surface area is 206 Å². The molecule has 0 bridgehead atoms. The first-order valence-corrected chi connectivity index (χ1v) is 11.0. The zero-order valence-corrected chi connectivity index (χ0v) is 19.8. The van der Waals surface area contributed by atoms with Gasteiger partial charge in [-0.2, -0.15) is 0 Å². The zero-order chi connectivity index (χ0) is 25.8. The second kappa shape index (κ2) is 10.2. The van der Waals surface area contributed by atoms with Crippen LogP contribution in [0.5, 0.6) is 28.7 Å². The number of anilines is 4. The van der Waals surface area contributed by atoms with Crippen LogP contribution in [0.3, 0.4) is 0 Å². The molecule has 0 aliphatic heterocycles. The van der Waals surface area contributed by atoms with Crippen LogP contribution in [-0.4, -0.2) is 65.4 Å². The van der Waals surface area contributed by atoms with E-state index in [1.165, 1.54) is 12.1 Å². The summed E-state index contributed by atoms with van der Waals surface area (Å²) in [4.78, 5) is 4.67. The van der Waals surface area contributed by atoms with Gasteiger partial charge in [-0.25, -0.2) is 0 Å². The number of nitrogen functional groups attached to an aromatic ring is 2. The first-order valence-electron chi connectivity index (χ1n) is 11.0. The number of likely N-dealkylation sites (N-methyl/N-ethyl adjacent to an activating group) is 1. The first-order chi connectivity index (χ1) is 17.2. The van der Waals surface area contributed by atoms with E-state index < -0.39 is 0 Å². The van der Waals surface area contributed by atoms with Crippen molar-refractivity contribution in [2.75, 3.05) is 41.8 Å². The van der Waals surface area contributed by atoms with Crippen molar-refractivity contribution in [2.45, 2.75) is 12.8 Å².